The van der Waals surface area contributed by atoms with Crippen LogP contribution in [0.15, 0.2) is 42.7 Å². The fraction of sp³-hybridized carbons (Fsp3) is 0.400. The van der Waals surface area contributed by atoms with E-state index in [4.69, 9.17) is 11.6 Å². The van der Waals surface area contributed by atoms with Crippen LogP contribution in [0.4, 0.5) is 0 Å². The lowest BCUT2D eigenvalue weighted by Gasteiger charge is -2.32. The fourth-order valence-corrected chi connectivity index (χ4v) is 3.55. The van der Waals surface area contributed by atoms with Gasteiger partial charge < -0.3 is 10.2 Å². The van der Waals surface area contributed by atoms with Gasteiger partial charge in [-0.25, -0.2) is 0 Å². The molecule has 1 aromatic carbocycles. The minimum atomic E-state index is -0.0160. The standard InChI is InChI=1S/C20H23ClN4O2/c21-18-6-2-1-5-16(18)12-22-19(26)8-7-15-4-3-11-25(14-15)20(27)17-9-10-23-24-13-17/h1-2,5-6,9-10,13,15H,3-4,7-8,11-12,14H2,(H,22,26)/t15-/m0/s1. The van der Waals surface area contributed by atoms with Gasteiger partial charge in [0.1, 0.15) is 0 Å². The van der Waals surface area contributed by atoms with Crippen molar-refractivity contribution in [3.05, 3.63) is 58.9 Å². The summed E-state index contributed by atoms with van der Waals surface area (Å²) in [6.07, 6.45) is 6.24. The third kappa shape index (κ3) is 5.50. The van der Waals surface area contributed by atoms with Crippen molar-refractivity contribution in [1.29, 1.82) is 0 Å². The van der Waals surface area contributed by atoms with Crippen LogP contribution in [0.1, 0.15) is 41.6 Å². The maximum Gasteiger partial charge on any atom is 0.255 e. The summed E-state index contributed by atoms with van der Waals surface area (Å²) in [5, 5.41) is 11.1. The highest BCUT2D eigenvalue weighted by molar-refractivity contribution is 6.31. The van der Waals surface area contributed by atoms with Gasteiger partial charge in [0.25, 0.3) is 5.91 Å². The van der Waals surface area contributed by atoms with Gasteiger partial charge in [-0.1, -0.05) is 29.8 Å². The van der Waals surface area contributed by atoms with Gasteiger partial charge in [0.15, 0.2) is 0 Å². The second-order valence-electron chi connectivity index (χ2n) is 6.80. The smallest absolute Gasteiger partial charge is 0.255 e. The van der Waals surface area contributed by atoms with Crippen molar-refractivity contribution >= 4 is 23.4 Å². The van der Waals surface area contributed by atoms with Gasteiger partial charge >= 0.3 is 0 Å². The first-order valence-electron chi connectivity index (χ1n) is 9.19. The van der Waals surface area contributed by atoms with Gasteiger partial charge in [-0.15, -0.1) is 0 Å². The van der Waals surface area contributed by atoms with E-state index in [9.17, 15) is 9.59 Å². The summed E-state index contributed by atoms with van der Waals surface area (Å²) in [7, 11) is 0. The number of hydrogen-bond donors (Lipinski definition) is 1. The van der Waals surface area contributed by atoms with Gasteiger partial charge in [0.05, 0.1) is 18.0 Å². The Labute approximate surface area is 163 Å². The molecular weight excluding hydrogens is 364 g/mol. The summed E-state index contributed by atoms with van der Waals surface area (Å²) in [6.45, 7) is 1.86. The Balaban J connectivity index is 1.44. The predicted octanol–water partition coefficient (Wildman–Crippen LogP) is 3.08. The average molecular weight is 387 g/mol. The first kappa shape index (κ1) is 19.3. The van der Waals surface area contributed by atoms with Crippen LogP contribution in [0.3, 0.4) is 0 Å². The molecule has 3 rings (SSSR count). The van der Waals surface area contributed by atoms with Crippen molar-refractivity contribution in [1.82, 2.24) is 20.4 Å². The van der Waals surface area contributed by atoms with Crippen molar-refractivity contribution in [2.75, 3.05) is 13.1 Å². The molecule has 1 aliphatic heterocycles. The van der Waals surface area contributed by atoms with E-state index in [1.54, 1.807) is 6.07 Å². The molecule has 0 aliphatic carbocycles. The van der Waals surface area contributed by atoms with E-state index in [1.165, 1.54) is 12.4 Å². The molecule has 7 heteroatoms. The molecule has 0 spiro atoms. The third-order valence-electron chi connectivity index (χ3n) is 4.85. The summed E-state index contributed by atoms with van der Waals surface area (Å²) in [5.41, 5.74) is 1.47. The molecule has 0 unspecified atom stereocenters. The number of halogens is 1. The molecule has 1 aromatic heterocycles. The molecule has 2 heterocycles. The molecule has 6 nitrogen and oxygen atoms in total. The first-order valence-corrected chi connectivity index (χ1v) is 9.57. The van der Waals surface area contributed by atoms with Crippen LogP contribution in [0.25, 0.3) is 0 Å². The number of likely N-dealkylation sites (tertiary alicyclic amines) is 1. The first-order chi connectivity index (χ1) is 13.1. The normalized spacial score (nSPS) is 16.8. The van der Waals surface area contributed by atoms with E-state index >= 15 is 0 Å². The van der Waals surface area contributed by atoms with Gasteiger partial charge in [-0.05, 0) is 42.9 Å². The van der Waals surface area contributed by atoms with Crippen LogP contribution in [0, 0.1) is 5.92 Å². The zero-order chi connectivity index (χ0) is 19.1. The SMILES string of the molecule is O=C(CC[C@@H]1CCCN(C(=O)c2ccnnc2)C1)NCc1ccccc1Cl. The van der Waals surface area contributed by atoms with Crippen molar-refractivity contribution in [3.8, 4) is 0 Å². The molecule has 1 N–H and O–H groups in total. The molecule has 142 valence electrons. The molecule has 1 fully saturated rings. The second kappa shape index (κ2) is 9.46. The Morgan fingerprint density at radius 2 is 2.07 bits per heavy atom. The zero-order valence-electron chi connectivity index (χ0n) is 15.1. The molecule has 1 aliphatic rings. The van der Waals surface area contributed by atoms with Crippen molar-refractivity contribution in [3.63, 3.8) is 0 Å². The van der Waals surface area contributed by atoms with Crippen molar-refractivity contribution < 1.29 is 9.59 Å². The minimum absolute atomic E-state index is 0.0108. The quantitative estimate of drug-likeness (QED) is 0.827. The maximum atomic E-state index is 12.5. The molecule has 27 heavy (non-hydrogen) atoms. The van der Waals surface area contributed by atoms with Crippen LogP contribution in [0.5, 0.6) is 0 Å². The zero-order valence-corrected chi connectivity index (χ0v) is 15.9. The Morgan fingerprint density at radius 3 is 2.85 bits per heavy atom. The van der Waals surface area contributed by atoms with E-state index in [1.807, 2.05) is 29.2 Å². The van der Waals surface area contributed by atoms with Gasteiger partial charge in [0, 0.05) is 31.1 Å². The van der Waals surface area contributed by atoms with Crippen LogP contribution >= 0.6 is 11.6 Å². The summed E-state index contributed by atoms with van der Waals surface area (Å²) in [5.74, 6) is 0.332. The summed E-state index contributed by atoms with van der Waals surface area (Å²) < 4.78 is 0. The molecular formula is C20H23ClN4O2. The highest BCUT2D eigenvalue weighted by Gasteiger charge is 2.25. The van der Waals surface area contributed by atoms with E-state index in [-0.39, 0.29) is 11.8 Å². The highest BCUT2D eigenvalue weighted by Crippen LogP contribution is 2.22. The van der Waals surface area contributed by atoms with E-state index in [0.29, 0.717) is 36.0 Å². The topological polar surface area (TPSA) is 75.2 Å². The number of carbonyl (C=O) groups is 2. The number of aromatic nitrogens is 2. The number of piperidine rings is 1. The number of rotatable bonds is 6. The monoisotopic (exact) mass is 386 g/mol. The lowest BCUT2D eigenvalue weighted by molar-refractivity contribution is -0.121. The largest absolute Gasteiger partial charge is 0.352 e. The third-order valence-corrected chi connectivity index (χ3v) is 5.22. The van der Waals surface area contributed by atoms with Crippen molar-refractivity contribution in [2.45, 2.75) is 32.2 Å². The number of nitrogens with one attached hydrogen (secondary N) is 1. The van der Waals surface area contributed by atoms with Crippen LogP contribution < -0.4 is 5.32 Å². The molecule has 0 saturated carbocycles. The Kier molecular flexibility index (Phi) is 6.76. The van der Waals surface area contributed by atoms with Gasteiger partial charge in [0.2, 0.25) is 5.91 Å². The summed E-state index contributed by atoms with van der Waals surface area (Å²) >= 11 is 6.11. The van der Waals surface area contributed by atoms with E-state index < -0.39 is 0 Å². The molecule has 1 atom stereocenters. The van der Waals surface area contributed by atoms with E-state index in [2.05, 4.69) is 15.5 Å². The van der Waals surface area contributed by atoms with Crippen LogP contribution in [-0.2, 0) is 11.3 Å². The number of nitrogens with zero attached hydrogens (tertiary/aromatic N) is 3. The molecule has 0 bridgehead atoms. The molecule has 2 amide bonds. The fourth-order valence-electron chi connectivity index (χ4n) is 3.34. The van der Waals surface area contributed by atoms with Gasteiger partial charge in [-0.2, -0.15) is 10.2 Å². The minimum Gasteiger partial charge on any atom is -0.352 e. The van der Waals surface area contributed by atoms with Crippen LogP contribution in [0.2, 0.25) is 5.02 Å². The average Bonchev–Trinajstić information content (AvgIpc) is 2.72. The Morgan fingerprint density at radius 1 is 1.22 bits per heavy atom. The number of amides is 2. The highest BCUT2D eigenvalue weighted by atomic mass is 35.5. The molecule has 1 saturated heterocycles. The van der Waals surface area contributed by atoms with Crippen LogP contribution in [-0.4, -0.2) is 40.0 Å². The lowest BCUT2D eigenvalue weighted by Crippen LogP contribution is -2.40. The summed E-state index contributed by atoms with van der Waals surface area (Å²) in [4.78, 5) is 26.6. The Bertz CT molecular complexity index is 785. The number of carbonyl (C=O) groups excluding carboxylic acids is 2. The predicted molar refractivity (Wildman–Crippen MR) is 103 cm³/mol. The summed E-state index contributed by atoms with van der Waals surface area (Å²) in [6, 6.07) is 9.17. The maximum absolute atomic E-state index is 12.5. The van der Waals surface area contributed by atoms with Crippen molar-refractivity contribution in [2.24, 2.45) is 5.92 Å². The molecule has 0 radical (unpaired) electrons. The number of hydrogen-bond acceptors (Lipinski definition) is 4. The lowest BCUT2D eigenvalue weighted by atomic mass is 9.93. The van der Waals surface area contributed by atoms with E-state index in [0.717, 1.165) is 31.4 Å². The Hall–Kier alpha value is -2.47. The second-order valence-corrected chi connectivity index (χ2v) is 7.20. The molecule has 2 aromatic rings. The number of benzene rings is 1. The van der Waals surface area contributed by atoms with Gasteiger partial charge in [-0.3, -0.25) is 9.59 Å².